The summed E-state index contributed by atoms with van der Waals surface area (Å²) in [7, 11) is 0. The van der Waals surface area contributed by atoms with Crippen molar-refractivity contribution in [2.24, 2.45) is 5.10 Å². The number of fused-ring (bicyclic) bond motifs is 1. The van der Waals surface area contributed by atoms with Gasteiger partial charge in [-0.05, 0) is 29.8 Å². The minimum absolute atomic E-state index is 0.208. The Hall–Kier alpha value is -2.95. The van der Waals surface area contributed by atoms with Gasteiger partial charge in [-0.1, -0.05) is 24.3 Å². The van der Waals surface area contributed by atoms with Crippen LogP contribution in [0.5, 0.6) is 5.75 Å². The Morgan fingerprint density at radius 1 is 1.05 bits per heavy atom. The number of aromatic hydroxyl groups is 1. The molecular formula is C15H12N4O. The van der Waals surface area contributed by atoms with E-state index in [-0.39, 0.29) is 5.75 Å². The standard InChI is InChI=1S/C15H12N4O/c20-12-5-3-4-11(8-12)9-17-19-15-10-16-13-6-1-2-7-14(13)18-15/h1-10,20H,(H,18,19)/b17-9+. The quantitative estimate of drug-likeness (QED) is 0.563. The summed E-state index contributed by atoms with van der Waals surface area (Å²) >= 11 is 0. The van der Waals surface area contributed by atoms with Gasteiger partial charge in [0.25, 0.3) is 0 Å². The highest BCUT2D eigenvalue weighted by Crippen LogP contribution is 2.11. The summed E-state index contributed by atoms with van der Waals surface area (Å²) < 4.78 is 0. The molecule has 0 bridgehead atoms. The van der Waals surface area contributed by atoms with Crippen molar-refractivity contribution in [2.75, 3.05) is 5.43 Å². The first-order valence-electron chi connectivity index (χ1n) is 6.11. The van der Waals surface area contributed by atoms with Crippen molar-refractivity contribution in [1.29, 1.82) is 0 Å². The lowest BCUT2D eigenvalue weighted by molar-refractivity contribution is 0.475. The second kappa shape index (κ2) is 5.36. The SMILES string of the molecule is Oc1cccc(/C=N/Nc2cnc3ccccc3n2)c1. The number of aromatic nitrogens is 2. The zero-order chi connectivity index (χ0) is 13.8. The minimum Gasteiger partial charge on any atom is -0.508 e. The molecule has 3 rings (SSSR count). The predicted octanol–water partition coefficient (Wildman–Crippen LogP) is 2.78. The van der Waals surface area contributed by atoms with Gasteiger partial charge in [0, 0.05) is 0 Å². The number of hydrogen-bond donors (Lipinski definition) is 2. The summed E-state index contributed by atoms with van der Waals surface area (Å²) in [4.78, 5) is 8.67. The molecule has 0 aliphatic rings. The third kappa shape index (κ3) is 2.72. The van der Waals surface area contributed by atoms with Crippen LogP contribution in [0.1, 0.15) is 5.56 Å². The lowest BCUT2D eigenvalue weighted by atomic mass is 10.2. The van der Waals surface area contributed by atoms with Crippen LogP contribution in [0.3, 0.4) is 0 Å². The third-order valence-corrected chi connectivity index (χ3v) is 2.71. The van der Waals surface area contributed by atoms with E-state index in [2.05, 4.69) is 20.5 Å². The van der Waals surface area contributed by atoms with Crippen LogP contribution < -0.4 is 5.43 Å². The van der Waals surface area contributed by atoms with Crippen molar-refractivity contribution in [1.82, 2.24) is 9.97 Å². The number of para-hydroxylation sites is 2. The lowest BCUT2D eigenvalue weighted by Gasteiger charge is -2.01. The van der Waals surface area contributed by atoms with E-state index in [0.717, 1.165) is 16.6 Å². The summed E-state index contributed by atoms with van der Waals surface area (Å²) in [6, 6.07) is 14.5. The molecule has 3 aromatic rings. The summed E-state index contributed by atoms with van der Waals surface area (Å²) in [5, 5.41) is 13.4. The van der Waals surface area contributed by atoms with Crippen molar-refractivity contribution in [3.63, 3.8) is 0 Å². The van der Waals surface area contributed by atoms with E-state index in [0.29, 0.717) is 5.82 Å². The van der Waals surface area contributed by atoms with Gasteiger partial charge >= 0.3 is 0 Å². The first-order valence-corrected chi connectivity index (χ1v) is 6.11. The van der Waals surface area contributed by atoms with E-state index in [1.807, 2.05) is 30.3 Å². The molecule has 20 heavy (non-hydrogen) atoms. The van der Waals surface area contributed by atoms with Gasteiger partial charge in [-0.2, -0.15) is 5.10 Å². The van der Waals surface area contributed by atoms with Crippen LogP contribution in [-0.4, -0.2) is 21.3 Å². The highest BCUT2D eigenvalue weighted by Gasteiger charge is 1.97. The number of hydrogen-bond acceptors (Lipinski definition) is 5. The average molecular weight is 264 g/mol. The van der Waals surface area contributed by atoms with Gasteiger partial charge in [-0.15, -0.1) is 0 Å². The number of phenols is 1. The van der Waals surface area contributed by atoms with E-state index in [1.54, 1.807) is 30.6 Å². The zero-order valence-corrected chi connectivity index (χ0v) is 10.6. The topological polar surface area (TPSA) is 70.4 Å². The van der Waals surface area contributed by atoms with Crippen LogP contribution in [0, 0.1) is 0 Å². The molecule has 1 heterocycles. The van der Waals surface area contributed by atoms with E-state index in [4.69, 9.17) is 0 Å². The molecule has 0 unspecified atom stereocenters. The Labute approximate surface area is 115 Å². The van der Waals surface area contributed by atoms with Crippen molar-refractivity contribution in [3.05, 3.63) is 60.3 Å². The number of anilines is 1. The van der Waals surface area contributed by atoms with Crippen LogP contribution >= 0.6 is 0 Å². The minimum atomic E-state index is 0.208. The molecule has 0 saturated carbocycles. The number of nitrogens with zero attached hydrogens (tertiary/aromatic N) is 3. The lowest BCUT2D eigenvalue weighted by Crippen LogP contribution is -1.95. The fraction of sp³-hybridized carbons (Fsp3) is 0. The summed E-state index contributed by atoms with van der Waals surface area (Å²) in [6.45, 7) is 0. The Morgan fingerprint density at radius 3 is 2.75 bits per heavy atom. The molecule has 0 radical (unpaired) electrons. The molecule has 0 atom stereocenters. The molecule has 2 aromatic carbocycles. The normalized spacial score (nSPS) is 11.0. The van der Waals surface area contributed by atoms with Gasteiger partial charge in [0.2, 0.25) is 0 Å². The Balaban J connectivity index is 1.76. The van der Waals surface area contributed by atoms with Gasteiger partial charge in [0.15, 0.2) is 5.82 Å². The number of hydrazone groups is 1. The second-order valence-corrected chi connectivity index (χ2v) is 4.21. The van der Waals surface area contributed by atoms with Gasteiger partial charge in [-0.25, -0.2) is 4.98 Å². The monoisotopic (exact) mass is 264 g/mol. The van der Waals surface area contributed by atoms with E-state index in [1.165, 1.54) is 0 Å². The average Bonchev–Trinajstić information content (AvgIpc) is 2.47. The molecule has 1 aromatic heterocycles. The number of nitrogens with one attached hydrogen (secondary N) is 1. The van der Waals surface area contributed by atoms with Crippen LogP contribution in [0.4, 0.5) is 5.82 Å². The van der Waals surface area contributed by atoms with Crippen molar-refractivity contribution in [2.45, 2.75) is 0 Å². The Morgan fingerprint density at radius 2 is 1.90 bits per heavy atom. The largest absolute Gasteiger partial charge is 0.508 e. The molecule has 5 nitrogen and oxygen atoms in total. The fourth-order valence-corrected chi connectivity index (χ4v) is 1.79. The van der Waals surface area contributed by atoms with Gasteiger partial charge < -0.3 is 5.11 Å². The molecular weight excluding hydrogens is 252 g/mol. The van der Waals surface area contributed by atoms with Crippen molar-refractivity contribution in [3.8, 4) is 5.75 Å². The van der Waals surface area contributed by atoms with Gasteiger partial charge in [0.05, 0.1) is 23.4 Å². The second-order valence-electron chi connectivity index (χ2n) is 4.21. The number of rotatable bonds is 3. The van der Waals surface area contributed by atoms with Gasteiger partial charge in [0.1, 0.15) is 5.75 Å². The summed E-state index contributed by atoms with van der Waals surface area (Å²) in [5.41, 5.74) is 5.27. The maximum absolute atomic E-state index is 9.34. The van der Waals surface area contributed by atoms with Gasteiger partial charge in [-0.3, -0.25) is 10.4 Å². The number of phenolic OH excluding ortho intramolecular Hbond substituents is 1. The van der Waals surface area contributed by atoms with E-state index < -0.39 is 0 Å². The smallest absolute Gasteiger partial charge is 0.165 e. The molecule has 5 heteroatoms. The first-order chi connectivity index (χ1) is 9.81. The maximum Gasteiger partial charge on any atom is 0.165 e. The molecule has 98 valence electrons. The van der Waals surface area contributed by atoms with Crippen LogP contribution in [0.15, 0.2) is 59.8 Å². The molecule has 0 fully saturated rings. The van der Waals surface area contributed by atoms with Crippen LogP contribution in [0.2, 0.25) is 0 Å². The Bertz CT molecular complexity index is 770. The van der Waals surface area contributed by atoms with Crippen molar-refractivity contribution >= 4 is 23.1 Å². The third-order valence-electron chi connectivity index (χ3n) is 2.71. The fourth-order valence-electron chi connectivity index (χ4n) is 1.79. The Kier molecular flexibility index (Phi) is 3.24. The zero-order valence-electron chi connectivity index (χ0n) is 10.6. The highest BCUT2D eigenvalue weighted by molar-refractivity contribution is 5.81. The maximum atomic E-state index is 9.34. The first kappa shape index (κ1) is 12.1. The summed E-state index contributed by atoms with van der Waals surface area (Å²) in [5.74, 6) is 0.777. The number of benzene rings is 2. The predicted molar refractivity (Wildman–Crippen MR) is 78.9 cm³/mol. The van der Waals surface area contributed by atoms with Crippen LogP contribution in [0.25, 0.3) is 11.0 Å². The molecule has 0 aliphatic carbocycles. The molecule has 0 aliphatic heterocycles. The molecule has 0 amide bonds. The van der Waals surface area contributed by atoms with E-state index >= 15 is 0 Å². The van der Waals surface area contributed by atoms with Crippen molar-refractivity contribution < 1.29 is 5.11 Å². The molecule has 0 saturated heterocycles. The molecule has 2 N–H and O–H groups in total. The van der Waals surface area contributed by atoms with E-state index in [9.17, 15) is 5.11 Å². The highest BCUT2D eigenvalue weighted by atomic mass is 16.3. The summed E-state index contributed by atoms with van der Waals surface area (Å²) in [6.07, 6.45) is 3.23. The molecule has 0 spiro atoms. The van der Waals surface area contributed by atoms with Crippen LogP contribution in [-0.2, 0) is 0 Å².